The Balaban J connectivity index is 2.79. The maximum absolute atomic E-state index is 11.7. The summed E-state index contributed by atoms with van der Waals surface area (Å²) in [6, 6.07) is 0. The van der Waals surface area contributed by atoms with Crippen LogP contribution in [0.15, 0.2) is 0 Å². The van der Waals surface area contributed by atoms with Crippen molar-refractivity contribution in [1.29, 1.82) is 0 Å². The fourth-order valence-corrected chi connectivity index (χ4v) is 3.44. The zero-order valence-electron chi connectivity index (χ0n) is 10.1. The van der Waals surface area contributed by atoms with Gasteiger partial charge in [0.25, 0.3) is 0 Å². The third-order valence-corrected chi connectivity index (χ3v) is 3.85. The Morgan fingerprint density at radius 1 is 1.14 bits per heavy atom. The van der Waals surface area contributed by atoms with E-state index in [1.165, 1.54) is 32.1 Å². The Bertz CT molecular complexity index is 199. The number of hydrogen-bond donors (Lipinski definition) is 0. The van der Waals surface area contributed by atoms with E-state index in [1.54, 1.807) is 6.92 Å². The van der Waals surface area contributed by atoms with Crippen molar-refractivity contribution in [2.75, 3.05) is 0 Å². The van der Waals surface area contributed by atoms with Gasteiger partial charge in [-0.15, -0.1) is 0 Å². The lowest BCUT2D eigenvalue weighted by Gasteiger charge is -2.41. The third kappa shape index (κ3) is 2.37. The van der Waals surface area contributed by atoms with Gasteiger partial charge in [0.15, 0.2) is 0 Å². The van der Waals surface area contributed by atoms with Crippen molar-refractivity contribution in [2.24, 2.45) is 17.3 Å². The second kappa shape index (κ2) is 4.46. The Morgan fingerprint density at radius 3 is 2.00 bits per heavy atom. The zero-order chi connectivity index (χ0) is 10.8. The van der Waals surface area contributed by atoms with Crippen LogP contribution in [0.2, 0.25) is 0 Å². The highest BCUT2D eigenvalue weighted by Crippen LogP contribution is 2.45. The second-order valence-electron chi connectivity index (χ2n) is 5.55. The van der Waals surface area contributed by atoms with E-state index in [0.29, 0.717) is 11.7 Å². The summed E-state index contributed by atoms with van der Waals surface area (Å²) in [6.45, 7) is 8.46. The second-order valence-corrected chi connectivity index (χ2v) is 5.55. The van der Waals surface area contributed by atoms with Crippen molar-refractivity contribution >= 4 is 5.78 Å². The SMILES string of the molecule is CC(=O)C(C(C)C)C1(C)CCCCC1. The molecular weight excluding hydrogens is 172 g/mol. The summed E-state index contributed by atoms with van der Waals surface area (Å²) in [5, 5.41) is 0. The molecule has 0 bridgehead atoms. The van der Waals surface area contributed by atoms with Crippen LogP contribution < -0.4 is 0 Å². The molecule has 1 atom stereocenters. The molecular formula is C13H24O. The van der Waals surface area contributed by atoms with Gasteiger partial charge >= 0.3 is 0 Å². The molecule has 1 nitrogen and oxygen atoms in total. The molecule has 0 heterocycles. The van der Waals surface area contributed by atoms with Gasteiger partial charge in [-0.1, -0.05) is 40.0 Å². The summed E-state index contributed by atoms with van der Waals surface area (Å²) in [7, 11) is 0. The Hall–Kier alpha value is -0.330. The Labute approximate surface area is 88.3 Å². The van der Waals surface area contributed by atoms with E-state index >= 15 is 0 Å². The zero-order valence-corrected chi connectivity index (χ0v) is 10.1. The van der Waals surface area contributed by atoms with Crippen molar-refractivity contribution < 1.29 is 4.79 Å². The molecule has 82 valence electrons. The van der Waals surface area contributed by atoms with Crippen molar-refractivity contribution in [1.82, 2.24) is 0 Å². The lowest BCUT2D eigenvalue weighted by molar-refractivity contribution is -0.127. The number of carbonyl (C=O) groups is 1. The van der Waals surface area contributed by atoms with Gasteiger partial charge in [-0.2, -0.15) is 0 Å². The third-order valence-electron chi connectivity index (χ3n) is 3.85. The quantitative estimate of drug-likeness (QED) is 0.670. The van der Waals surface area contributed by atoms with E-state index in [2.05, 4.69) is 20.8 Å². The molecule has 0 amide bonds. The molecule has 14 heavy (non-hydrogen) atoms. The van der Waals surface area contributed by atoms with Gasteiger partial charge in [0, 0.05) is 5.92 Å². The minimum absolute atomic E-state index is 0.280. The predicted molar refractivity (Wildman–Crippen MR) is 60.2 cm³/mol. The maximum Gasteiger partial charge on any atom is 0.133 e. The molecule has 1 heteroatoms. The molecule has 0 spiro atoms. The topological polar surface area (TPSA) is 17.1 Å². The standard InChI is InChI=1S/C13H24O/c1-10(2)12(11(3)14)13(4)8-6-5-7-9-13/h10,12H,5-9H2,1-4H3. The van der Waals surface area contributed by atoms with Crippen molar-refractivity contribution in [3.63, 3.8) is 0 Å². The van der Waals surface area contributed by atoms with E-state index in [4.69, 9.17) is 0 Å². The first kappa shape index (κ1) is 11.7. The normalized spacial score (nSPS) is 23.5. The Kier molecular flexibility index (Phi) is 3.74. The molecule has 0 radical (unpaired) electrons. The summed E-state index contributed by atoms with van der Waals surface area (Å²) in [5.41, 5.74) is 0.290. The van der Waals surface area contributed by atoms with Crippen LogP contribution in [0.1, 0.15) is 59.8 Å². The summed E-state index contributed by atoms with van der Waals surface area (Å²) < 4.78 is 0. The summed E-state index contributed by atoms with van der Waals surface area (Å²) >= 11 is 0. The first-order chi connectivity index (χ1) is 6.47. The average Bonchev–Trinajstić information content (AvgIpc) is 2.02. The fourth-order valence-electron chi connectivity index (χ4n) is 3.44. The van der Waals surface area contributed by atoms with Crippen LogP contribution in [0.5, 0.6) is 0 Å². The lowest BCUT2D eigenvalue weighted by atomic mass is 9.62. The number of Topliss-reactive ketones (excluding diaryl/α,β-unsaturated/α-hetero) is 1. The smallest absolute Gasteiger partial charge is 0.133 e. The molecule has 1 unspecified atom stereocenters. The van der Waals surface area contributed by atoms with Crippen LogP contribution >= 0.6 is 0 Å². The predicted octanol–water partition coefficient (Wildman–Crippen LogP) is 3.82. The molecule has 0 aromatic heterocycles. The van der Waals surface area contributed by atoms with Crippen LogP contribution in [-0.2, 0) is 4.79 Å². The van der Waals surface area contributed by atoms with Crippen molar-refractivity contribution in [3.05, 3.63) is 0 Å². The first-order valence-electron chi connectivity index (χ1n) is 5.98. The number of rotatable bonds is 3. The highest BCUT2D eigenvalue weighted by Gasteiger charge is 2.39. The van der Waals surface area contributed by atoms with Gasteiger partial charge in [-0.05, 0) is 31.1 Å². The van der Waals surface area contributed by atoms with E-state index in [-0.39, 0.29) is 11.3 Å². The molecule has 0 aromatic rings. The molecule has 0 saturated heterocycles. The van der Waals surface area contributed by atoms with E-state index in [1.807, 2.05) is 0 Å². The minimum atomic E-state index is 0.280. The van der Waals surface area contributed by atoms with E-state index in [9.17, 15) is 4.79 Å². The molecule has 0 aliphatic heterocycles. The van der Waals surface area contributed by atoms with Crippen LogP contribution in [0.3, 0.4) is 0 Å². The molecule has 1 rings (SSSR count). The van der Waals surface area contributed by atoms with E-state index in [0.717, 1.165) is 0 Å². The first-order valence-corrected chi connectivity index (χ1v) is 5.98. The van der Waals surface area contributed by atoms with Crippen LogP contribution in [0, 0.1) is 17.3 Å². The number of hydrogen-bond acceptors (Lipinski definition) is 1. The van der Waals surface area contributed by atoms with Crippen LogP contribution in [-0.4, -0.2) is 5.78 Å². The number of ketones is 1. The van der Waals surface area contributed by atoms with Gasteiger partial charge in [0.2, 0.25) is 0 Å². The maximum atomic E-state index is 11.7. The van der Waals surface area contributed by atoms with E-state index < -0.39 is 0 Å². The minimum Gasteiger partial charge on any atom is -0.300 e. The van der Waals surface area contributed by atoms with Gasteiger partial charge in [0.05, 0.1) is 0 Å². The van der Waals surface area contributed by atoms with Gasteiger partial charge in [-0.3, -0.25) is 4.79 Å². The monoisotopic (exact) mass is 196 g/mol. The lowest BCUT2D eigenvalue weighted by Crippen LogP contribution is -2.37. The molecule has 0 aromatic carbocycles. The van der Waals surface area contributed by atoms with Gasteiger partial charge in [-0.25, -0.2) is 0 Å². The largest absolute Gasteiger partial charge is 0.300 e. The highest BCUT2D eigenvalue weighted by molar-refractivity contribution is 5.79. The summed E-state index contributed by atoms with van der Waals surface area (Å²) in [6.07, 6.45) is 6.48. The highest BCUT2D eigenvalue weighted by atomic mass is 16.1. The molecule has 1 fully saturated rings. The van der Waals surface area contributed by atoms with Gasteiger partial charge in [0.1, 0.15) is 5.78 Å². The molecule has 1 aliphatic rings. The summed E-state index contributed by atoms with van der Waals surface area (Å²) in [5.74, 6) is 1.17. The molecule has 0 N–H and O–H groups in total. The van der Waals surface area contributed by atoms with Crippen LogP contribution in [0.4, 0.5) is 0 Å². The number of carbonyl (C=O) groups excluding carboxylic acids is 1. The molecule has 1 aliphatic carbocycles. The van der Waals surface area contributed by atoms with Gasteiger partial charge < -0.3 is 0 Å². The van der Waals surface area contributed by atoms with Crippen molar-refractivity contribution in [3.8, 4) is 0 Å². The summed E-state index contributed by atoms with van der Waals surface area (Å²) in [4.78, 5) is 11.7. The average molecular weight is 196 g/mol. The van der Waals surface area contributed by atoms with Crippen LogP contribution in [0.25, 0.3) is 0 Å². The fraction of sp³-hybridized carbons (Fsp3) is 0.923. The van der Waals surface area contributed by atoms with Crippen molar-refractivity contribution in [2.45, 2.75) is 59.8 Å². The molecule has 1 saturated carbocycles. The Morgan fingerprint density at radius 2 is 1.64 bits per heavy atom.